The summed E-state index contributed by atoms with van der Waals surface area (Å²) in [7, 11) is 0. The summed E-state index contributed by atoms with van der Waals surface area (Å²) >= 11 is 0. The number of carbonyl (C=O) groups is 2. The topological polar surface area (TPSA) is 105 Å². The summed E-state index contributed by atoms with van der Waals surface area (Å²) in [6.07, 6.45) is 5.52. The zero-order valence-corrected chi connectivity index (χ0v) is 15.9. The van der Waals surface area contributed by atoms with Crippen LogP contribution in [0.15, 0.2) is 12.4 Å². The third kappa shape index (κ3) is 4.74. The van der Waals surface area contributed by atoms with Crippen LogP contribution in [0.3, 0.4) is 0 Å². The lowest BCUT2D eigenvalue weighted by atomic mass is 10.2. The lowest BCUT2D eigenvalue weighted by Crippen LogP contribution is -2.32. The second kappa shape index (κ2) is 8.65. The van der Waals surface area contributed by atoms with Crippen LogP contribution in [0.4, 0.5) is 5.95 Å². The first-order valence-corrected chi connectivity index (χ1v) is 9.73. The van der Waals surface area contributed by atoms with Crippen LogP contribution < -0.4 is 10.2 Å². The Kier molecular flexibility index (Phi) is 6.26. The number of hydrogen-bond acceptors (Lipinski definition) is 7. The maximum Gasteiger partial charge on any atom is 0.338 e. The van der Waals surface area contributed by atoms with E-state index < -0.39 is 5.97 Å². The molecule has 1 aromatic rings. The first kappa shape index (κ1) is 19.5. The zero-order valence-electron chi connectivity index (χ0n) is 15.9. The van der Waals surface area contributed by atoms with Crippen molar-refractivity contribution in [3.05, 3.63) is 18.0 Å². The summed E-state index contributed by atoms with van der Waals surface area (Å²) in [6, 6.07) is 0. The van der Waals surface area contributed by atoms with E-state index in [-0.39, 0.29) is 24.2 Å². The Labute approximate surface area is 159 Å². The number of aromatic carboxylic acids is 1. The van der Waals surface area contributed by atoms with E-state index in [1.54, 1.807) is 0 Å². The molecule has 0 radical (unpaired) electrons. The van der Waals surface area contributed by atoms with Crippen LogP contribution >= 0.6 is 0 Å². The van der Waals surface area contributed by atoms with Gasteiger partial charge in [-0.2, -0.15) is 0 Å². The van der Waals surface area contributed by atoms with Crippen molar-refractivity contribution >= 4 is 17.9 Å². The summed E-state index contributed by atoms with van der Waals surface area (Å²) in [4.78, 5) is 33.2. The number of anilines is 1. The molecule has 3 rings (SSSR count). The average Bonchev–Trinajstić information content (AvgIpc) is 3.11. The van der Waals surface area contributed by atoms with Crippen molar-refractivity contribution in [1.82, 2.24) is 15.3 Å². The molecule has 8 nitrogen and oxygen atoms in total. The van der Waals surface area contributed by atoms with Gasteiger partial charge in [-0.3, -0.25) is 4.79 Å². The molecule has 0 bridgehead atoms. The Bertz CT molecular complexity index is 654. The number of nitrogens with one attached hydrogen (secondary N) is 1. The van der Waals surface area contributed by atoms with Crippen LogP contribution in [0, 0.1) is 17.8 Å². The minimum absolute atomic E-state index is 0.0330. The molecule has 0 aromatic carbocycles. The fourth-order valence-electron chi connectivity index (χ4n) is 3.95. The lowest BCUT2D eigenvalue weighted by molar-refractivity contribution is -0.148. The highest BCUT2D eigenvalue weighted by Crippen LogP contribution is 2.51. The smallest absolute Gasteiger partial charge is 0.338 e. The van der Waals surface area contributed by atoms with Gasteiger partial charge >= 0.3 is 11.9 Å². The lowest BCUT2D eigenvalue weighted by Gasteiger charge is -2.20. The number of fused-ring (bicyclic) bond motifs is 1. The van der Waals surface area contributed by atoms with Crippen LogP contribution in [0.5, 0.6) is 0 Å². The molecule has 2 N–H and O–H groups in total. The Morgan fingerprint density at radius 3 is 2.52 bits per heavy atom. The number of esters is 1. The predicted octanol–water partition coefficient (Wildman–Crippen LogP) is 1.57. The molecule has 1 aliphatic carbocycles. The van der Waals surface area contributed by atoms with E-state index in [1.807, 2.05) is 6.92 Å². The number of aromatic nitrogens is 2. The molecular weight excluding hydrogens is 348 g/mol. The Hall–Kier alpha value is -2.22. The number of carboxylic acids is 1. The monoisotopic (exact) mass is 376 g/mol. The van der Waals surface area contributed by atoms with Gasteiger partial charge in [0.2, 0.25) is 5.95 Å². The van der Waals surface area contributed by atoms with Gasteiger partial charge in [0.15, 0.2) is 0 Å². The summed E-state index contributed by atoms with van der Waals surface area (Å²) < 4.78 is 5.47. The van der Waals surface area contributed by atoms with E-state index in [9.17, 15) is 9.59 Å². The number of rotatable bonds is 10. The van der Waals surface area contributed by atoms with Crippen molar-refractivity contribution in [3.63, 3.8) is 0 Å². The molecule has 0 amide bonds. The number of ether oxygens (including phenoxy) is 1. The molecule has 148 valence electrons. The standard InChI is InChI=1S/C19H28N4O4/c1-3-5-13(4-2)27-17(24)9-20-8-14-15-10-23(11-16(14)15)19-21-6-12(7-22-19)18(25)26/h6-7,13-16,20H,3-5,8-11H2,1-2H3,(H,25,26). The quantitative estimate of drug-likeness (QED) is 0.593. The Balaban J connectivity index is 1.36. The van der Waals surface area contributed by atoms with Crippen LogP contribution in [-0.2, 0) is 9.53 Å². The van der Waals surface area contributed by atoms with E-state index in [2.05, 4.69) is 27.1 Å². The predicted molar refractivity (Wildman–Crippen MR) is 99.6 cm³/mol. The molecular formula is C19H28N4O4. The van der Waals surface area contributed by atoms with Gasteiger partial charge in [-0.25, -0.2) is 14.8 Å². The highest BCUT2D eigenvalue weighted by Gasteiger charge is 2.55. The number of carbonyl (C=O) groups excluding carboxylic acids is 1. The van der Waals surface area contributed by atoms with Gasteiger partial charge in [-0.05, 0) is 37.1 Å². The van der Waals surface area contributed by atoms with E-state index in [0.29, 0.717) is 23.7 Å². The van der Waals surface area contributed by atoms with Crippen LogP contribution in [0.1, 0.15) is 43.5 Å². The SMILES string of the molecule is CCCC(CC)OC(=O)CNCC1C2CN(c3ncc(C(=O)O)cn3)CC12. The van der Waals surface area contributed by atoms with Crippen LogP contribution in [-0.4, -0.2) is 59.3 Å². The van der Waals surface area contributed by atoms with Crippen molar-refractivity contribution < 1.29 is 19.4 Å². The first-order chi connectivity index (χ1) is 13.0. The maximum atomic E-state index is 11.9. The highest BCUT2D eigenvalue weighted by atomic mass is 16.5. The van der Waals surface area contributed by atoms with Gasteiger partial charge < -0.3 is 20.1 Å². The summed E-state index contributed by atoms with van der Waals surface area (Å²) in [5.74, 6) is 1.14. The fourth-order valence-corrected chi connectivity index (χ4v) is 3.95. The van der Waals surface area contributed by atoms with Crippen molar-refractivity contribution in [1.29, 1.82) is 0 Å². The molecule has 2 heterocycles. The third-order valence-corrected chi connectivity index (χ3v) is 5.55. The third-order valence-electron chi connectivity index (χ3n) is 5.55. The van der Waals surface area contributed by atoms with Crippen LogP contribution in [0.25, 0.3) is 0 Å². The Morgan fingerprint density at radius 1 is 1.30 bits per heavy atom. The molecule has 2 fully saturated rings. The molecule has 1 saturated carbocycles. The van der Waals surface area contributed by atoms with Gasteiger partial charge in [0.05, 0.1) is 12.1 Å². The molecule has 0 spiro atoms. The van der Waals surface area contributed by atoms with Gasteiger partial charge in [-0.15, -0.1) is 0 Å². The van der Waals surface area contributed by atoms with Gasteiger partial charge in [0.25, 0.3) is 0 Å². The zero-order chi connectivity index (χ0) is 19.4. The molecule has 1 saturated heterocycles. The molecule has 1 aliphatic heterocycles. The maximum absolute atomic E-state index is 11.9. The van der Waals surface area contributed by atoms with Crippen LogP contribution in [0.2, 0.25) is 0 Å². The number of carboxylic acid groups (broad SMARTS) is 1. The van der Waals surface area contributed by atoms with Crippen molar-refractivity contribution in [3.8, 4) is 0 Å². The van der Waals surface area contributed by atoms with E-state index >= 15 is 0 Å². The first-order valence-electron chi connectivity index (χ1n) is 9.73. The minimum Gasteiger partial charge on any atom is -0.478 e. The molecule has 2 aliphatic rings. The number of piperidine rings is 1. The molecule has 3 unspecified atom stereocenters. The summed E-state index contributed by atoms with van der Waals surface area (Å²) in [5.41, 5.74) is 0.0984. The van der Waals surface area contributed by atoms with Crippen molar-refractivity contribution in [2.75, 3.05) is 31.1 Å². The number of hydrogen-bond donors (Lipinski definition) is 2. The fraction of sp³-hybridized carbons (Fsp3) is 0.684. The minimum atomic E-state index is -1.02. The van der Waals surface area contributed by atoms with Crippen molar-refractivity contribution in [2.45, 2.75) is 39.2 Å². The van der Waals surface area contributed by atoms with E-state index in [0.717, 1.165) is 38.9 Å². The average molecular weight is 376 g/mol. The second-order valence-corrected chi connectivity index (χ2v) is 7.41. The molecule has 1 aromatic heterocycles. The Morgan fingerprint density at radius 2 is 1.96 bits per heavy atom. The van der Waals surface area contributed by atoms with Gasteiger partial charge in [-0.1, -0.05) is 20.3 Å². The molecule has 8 heteroatoms. The summed E-state index contributed by atoms with van der Waals surface area (Å²) in [6.45, 7) is 6.97. The van der Waals surface area contributed by atoms with E-state index in [1.165, 1.54) is 12.4 Å². The number of nitrogens with zero attached hydrogens (tertiary/aromatic N) is 3. The van der Waals surface area contributed by atoms with Crippen molar-refractivity contribution in [2.24, 2.45) is 17.8 Å². The largest absolute Gasteiger partial charge is 0.478 e. The molecule has 3 atom stereocenters. The van der Waals surface area contributed by atoms with E-state index in [4.69, 9.17) is 9.84 Å². The molecule has 27 heavy (non-hydrogen) atoms. The summed E-state index contributed by atoms with van der Waals surface area (Å²) in [5, 5.41) is 12.1. The highest BCUT2D eigenvalue weighted by molar-refractivity contribution is 5.86. The van der Waals surface area contributed by atoms with Gasteiger partial charge in [0.1, 0.15) is 6.10 Å². The second-order valence-electron chi connectivity index (χ2n) is 7.41. The normalized spacial score (nSPS) is 24.4. The van der Waals surface area contributed by atoms with Gasteiger partial charge in [0, 0.05) is 25.5 Å².